The van der Waals surface area contributed by atoms with Crippen LogP contribution in [0.15, 0.2) is 11.6 Å². The van der Waals surface area contributed by atoms with Crippen molar-refractivity contribution in [2.75, 3.05) is 4.43 Å². The zero-order valence-corrected chi connectivity index (χ0v) is 24.6. The molecule has 0 aromatic heterocycles. The molecule has 4 aliphatic carbocycles. The van der Waals surface area contributed by atoms with Gasteiger partial charge >= 0.3 is 0 Å². The zero-order valence-electron chi connectivity index (χ0n) is 22.5. The molecule has 2 nitrogen and oxygen atoms in total. The van der Waals surface area contributed by atoms with Crippen LogP contribution in [0.2, 0.25) is 0 Å². The minimum Gasteiger partial charge on any atom is -0.377 e. The number of aliphatic hydroxyl groups is 1. The molecule has 3 fully saturated rings. The highest BCUT2D eigenvalue weighted by atomic mass is 127. The normalized spacial score (nSPS) is 38.5. The highest BCUT2D eigenvalue weighted by molar-refractivity contribution is 14.1. The minimum absolute atomic E-state index is 0.0839. The van der Waals surface area contributed by atoms with Gasteiger partial charge in [0.25, 0.3) is 0 Å². The molecule has 0 spiro atoms. The highest BCUT2D eigenvalue weighted by Crippen LogP contribution is 2.66. The first-order valence-corrected chi connectivity index (χ1v) is 16.4. The van der Waals surface area contributed by atoms with E-state index in [1.54, 1.807) is 0 Å². The summed E-state index contributed by atoms with van der Waals surface area (Å²) in [5.41, 5.74) is 0.734. The SMILES string of the molecule is C[C@]12CCC(=O)C=C1CCC1C2CC[C@@]2(C)C1CCC[C@@]2(O)C#CCCCCCCCCCCI. The van der Waals surface area contributed by atoms with Crippen LogP contribution in [0.4, 0.5) is 0 Å². The minimum atomic E-state index is -0.820. The molecule has 0 aliphatic heterocycles. The van der Waals surface area contributed by atoms with Gasteiger partial charge in [-0.1, -0.05) is 86.5 Å². The maximum atomic E-state index is 12.1. The third-order valence-electron chi connectivity index (χ3n) is 10.8. The fourth-order valence-electron chi connectivity index (χ4n) is 8.57. The average molecular weight is 593 g/mol. The molecular weight excluding hydrogens is 543 g/mol. The number of hydrogen-bond donors (Lipinski definition) is 1. The lowest BCUT2D eigenvalue weighted by Crippen LogP contribution is -2.60. The number of rotatable bonds is 9. The molecule has 0 bridgehead atoms. The molecule has 196 valence electrons. The van der Waals surface area contributed by atoms with Gasteiger partial charge in [0.2, 0.25) is 0 Å². The molecule has 0 amide bonds. The summed E-state index contributed by atoms with van der Waals surface area (Å²) in [6.07, 6.45) is 23.1. The van der Waals surface area contributed by atoms with Crippen LogP contribution in [0.1, 0.15) is 129 Å². The Bertz CT molecular complexity index is 836. The van der Waals surface area contributed by atoms with Gasteiger partial charge in [-0.15, -0.1) is 5.92 Å². The van der Waals surface area contributed by atoms with Crippen molar-refractivity contribution in [1.29, 1.82) is 0 Å². The first kappa shape index (κ1) is 27.7. The number of fused-ring (bicyclic) bond motifs is 5. The second kappa shape index (κ2) is 12.0. The van der Waals surface area contributed by atoms with Crippen molar-refractivity contribution >= 4 is 28.4 Å². The summed E-state index contributed by atoms with van der Waals surface area (Å²) >= 11 is 2.48. The number of unbranched alkanes of at least 4 members (excludes halogenated alkanes) is 8. The number of hydrogen-bond acceptors (Lipinski definition) is 2. The van der Waals surface area contributed by atoms with Crippen molar-refractivity contribution in [2.45, 2.75) is 135 Å². The number of allylic oxidation sites excluding steroid dienone is 2. The fraction of sp³-hybridized carbons (Fsp3) is 0.844. The molecule has 0 aromatic rings. The lowest BCUT2D eigenvalue weighted by atomic mass is 9.42. The Morgan fingerprint density at radius 2 is 1.63 bits per heavy atom. The Morgan fingerprint density at radius 1 is 0.914 bits per heavy atom. The van der Waals surface area contributed by atoms with Crippen molar-refractivity contribution in [3.63, 3.8) is 0 Å². The van der Waals surface area contributed by atoms with Gasteiger partial charge in [-0.25, -0.2) is 0 Å². The van der Waals surface area contributed by atoms with Crippen LogP contribution in [0.25, 0.3) is 0 Å². The molecule has 3 unspecified atom stereocenters. The number of carbonyl (C=O) groups is 1. The fourth-order valence-corrected chi connectivity index (χ4v) is 9.11. The Labute approximate surface area is 229 Å². The largest absolute Gasteiger partial charge is 0.377 e. The topological polar surface area (TPSA) is 37.3 Å². The Balaban J connectivity index is 1.33. The van der Waals surface area contributed by atoms with E-state index in [0.717, 1.165) is 44.9 Å². The van der Waals surface area contributed by atoms with Crippen LogP contribution in [0, 0.1) is 40.4 Å². The summed E-state index contributed by atoms with van der Waals surface area (Å²) in [4.78, 5) is 12.1. The maximum absolute atomic E-state index is 12.1. The van der Waals surface area contributed by atoms with Gasteiger partial charge in [-0.05, 0) is 97.9 Å². The van der Waals surface area contributed by atoms with Gasteiger partial charge in [0.1, 0.15) is 5.60 Å². The second-order valence-electron chi connectivity index (χ2n) is 12.7. The number of halogens is 1. The molecule has 35 heavy (non-hydrogen) atoms. The molecule has 4 rings (SSSR count). The summed E-state index contributed by atoms with van der Waals surface area (Å²) in [7, 11) is 0. The van der Waals surface area contributed by atoms with Gasteiger partial charge in [0.15, 0.2) is 5.78 Å². The van der Waals surface area contributed by atoms with Gasteiger partial charge in [-0.3, -0.25) is 4.79 Å². The van der Waals surface area contributed by atoms with Crippen LogP contribution in [0.5, 0.6) is 0 Å². The predicted octanol–water partition coefficient (Wildman–Crippen LogP) is 8.59. The van der Waals surface area contributed by atoms with E-state index in [1.165, 1.54) is 80.6 Å². The summed E-state index contributed by atoms with van der Waals surface area (Å²) in [6.45, 7) is 4.82. The van der Waals surface area contributed by atoms with Crippen molar-refractivity contribution in [1.82, 2.24) is 0 Å². The van der Waals surface area contributed by atoms with E-state index in [4.69, 9.17) is 0 Å². The van der Waals surface area contributed by atoms with E-state index >= 15 is 0 Å². The third kappa shape index (κ3) is 5.74. The van der Waals surface area contributed by atoms with Crippen molar-refractivity contribution in [2.24, 2.45) is 28.6 Å². The Morgan fingerprint density at radius 3 is 2.37 bits per heavy atom. The van der Waals surface area contributed by atoms with Crippen LogP contribution < -0.4 is 0 Å². The number of carbonyl (C=O) groups excluding carboxylic acids is 1. The summed E-state index contributed by atoms with van der Waals surface area (Å²) in [5, 5.41) is 12.0. The maximum Gasteiger partial charge on any atom is 0.155 e. The van der Waals surface area contributed by atoms with E-state index in [1.807, 2.05) is 6.08 Å². The third-order valence-corrected chi connectivity index (χ3v) is 11.6. The lowest BCUT2D eigenvalue weighted by Gasteiger charge is -2.63. The standard InChI is InChI=1S/C32H49IO2/c1-30-21-17-26(34)24-25(30)15-16-27-28(30)18-22-31(2)29(27)14-13-20-32(31,35)19-11-9-7-5-3-4-6-8-10-12-23-33/h24,27-29,35H,3-10,12-18,20-23H2,1-2H3/t27?,28?,29?,30-,31-,32-/m0/s1. The number of ketones is 1. The van der Waals surface area contributed by atoms with E-state index in [-0.39, 0.29) is 10.8 Å². The molecule has 0 aromatic carbocycles. The smallest absolute Gasteiger partial charge is 0.155 e. The van der Waals surface area contributed by atoms with Gasteiger partial charge in [0, 0.05) is 18.3 Å². The van der Waals surface area contributed by atoms with Crippen LogP contribution in [0.3, 0.4) is 0 Å². The molecule has 0 radical (unpaired) electrons. The van der Waals surface area contributed by atoms with Crippen LogP contribution in [-0.2, 0) is 4.79 Å². The van der Waals surface area contributed by atoms with E-state index in [0.29, 0.717) is 23.5 Å². The molecular formula is C32H49IO2. The van der Waals surface area contributed by atoms with Crippen LogP contribution >= 0.6 is 22.6 Å². The van der Waals surface area contributed by atoms with Crippen molar-refractivity contribution < 1.29 is 9.90 Å². The van der Waals surface area contributed by atoms with Crippen molar-refractivity contribution in [3.8, 4) is 11.8 Å². The summed E-state index contributed by atoms with van der Waals surface area (Å²) < 4.78 is 1.30. The molecule has 3 heteroatoms. The lowest BCUT2D eigenvalue weighted by molar-refractivity contribution is -0.163. The van der Waals surface area contributed by atoms with E-state index in [9.17, 15) is 9.90 Å². The molecule has 0 heterocycles. The van der Waals surface area contributed by atoms with Crippen molar-refractivity contribution in [3.05, 3.63) is 11.6 Å². The molecule has 3 saturated carbocycles. The first-order chi connectivity index (χ1) is 16.8. The van der Waals surface area contributed by atoms with Gasteiger partial charge < -0.3 is 5.11 Å². The second-order valence-corrected chi connectivity index (χ2v) is 13.8. The Hall–Kier alpha value is -0.340. The monoisotopic (exact) mass is 592 g/mol. The van der Waals surface area contributed by atoms with Crippen LogP contribution in [-0.4, -0.2) is 20.9 Å². The molecule has 1 N–H and O–H groups in total. The van der Waals surface area contributed by atoms with Gasteiger partial charge in [-0.2, -0.15) is 0 Å². The summed E-state index contributed by atoms with van der Waals surface area (Å²) in [6, 6.07) is 0. The van der Waals surface area contributed by atoms with Gasteiger partial charge in [0.05, 0.1) is 0 Å². The van der Waals surface area contributed by atoms with E-state index in [2.05, 4.69) is 48.3 Å². The Kier molecular flexibility index (Phi) is 9.51. The number of alkyl halides is 1. The molecule has 4 aliphatic rings. The predicted molar refractivity (Wildman–Crippen MR) is 154 cm³/mol. The molecule has 0 saturated heterocycles. The summed E-state index contributed by atoms with van der Waals surface area (Å²) in [5.74, 6) is 9.19. The zero-order chi connectivity index (χ0) is 24.9. The quantitative estimate of drug-likeness (QED) is 0.126. The average Bonchev–Trinajstić information content (AvgIpc) is 2.84. The van der Waals surface area contributed by atoms with E-state index < -0.39 is 5.60 Å². The first-order valence-electron chi connectivity index (χ1n) is 14.9. The molecule has 6 atom stereocenters. The highest BCUT2D eigenvalue weighted by Gasteiger charge is 2.61.